The Kier molecular flexibility index (Phi) is 6.34. The minimum Gasteiger partial charge on any atom is -0.493 e. The van der Waals surface area contributed by atoms with Gasteiger partial charge in [-0.05, 0) is 41.8 Å². The van der Waals surface area contributed by atoms with Crippen LogP contribution in [0.4, 0.5) is 13.2 Å². The number of benzene rings is 2. The van der Waals surface area contributed by atoms with Gasteiger partial charge in [0.2, 0.25) is 0 Å². The normalized spacial score (nSPS) is 13.0. The molecule has 0 aliphatic heterocycles. The number of alkyl halides is 3. The number of thiophene rings is 1. The average Bonchev–Trinajstić information content (AvgIpc) is 3.02. The quantitative estimate of drug-likeness (QED) is 0.389. The number of aryl methyl sites for hydroxylation is 1. The molecule has 1 atom stereocenters. The first-order chi connectivity index (χ1) is 13.7. The van der Waals surface area contributed by atoms with E-state index >= 15 is 0 Å². The summed E-state index contributed by atoms with van der Waals surface area (Å²) in [4.78, 5) is 0.838. The minimum atomic E-state index is -4.38. The van der Waals surface area contributed by atoms with Gasteiger partial charge in [-0.3, -0.25) is 0 Å². The summed E-state index contributed by atoms with van der Waals surface area (Å²) in [6.07, 6.45) is -2.58. The molecule has 0 saturated carbocycles. The predicted octanol–water partition coefficient (Wildman–Crippen LogP) is 7.70. The number of ether oxygens (including phenoxy) is 2. The molecule has 0 N–H and O–H groups in total. The average molecular weight is 443 g/mol. The first kappa shape index (κ1) is 21.8. The fraction of sp³-hybridized carbons (Fsp3) is 0.364. The molecule has 2 nitrogen and oxygen atoms in total. The molecule has 0 aliphatic rings. The lowest BCUT2D eigenvalue weighted by Gasteiger charge is -2.19. The number of rotatable bonds is 6. The Morgan fingerprint density at radius 2 is 1.72 bits per heavy atom. The first-order valence-corrected chi connectivity index (χ1v) is 10.4. The molecule has 0 amide bonds. The van der Waals surface area contributed by atoms with Gasteiger partial charge in [0, 0.05) is 20.9 Å². The van der Waals surface area contributed by atoms with Crippen molar-refractivity contribution in [3.63, 3.8) is 0 Å². The van der Waals surface area contributed by atoms with Crippen molar-refractivity contribution in [2.45, 2.75) is 38.8 Å². The van der Waals surface area contributed by atoms with Gasteiger partial charge >= 0.3 is 6.18 Å². The molecule has 156 valence electrons. The van der Waals surface area contributed by atoms with Gasteiger partial charge in [0.15, 0.2) is 11.5 Å². The second-order valence-electron chi connectivity index (χ2n) is 6.87. The lowest BCUT2D eigenvalue weighted by atomic mass is 9.91. The summed E-state index contributed by atoms with van der Waals surface area (Å²) in [7, 11) is 3.18. The van der Waals surface area contributed by atoms with E-state index in [0.29, 0.717) is 26.6 Å². The number of halogens is 4. The highest BCUT2D eigenvalue weighted by Gasteiger charge is 2.31. The van der Waals surface area contributed by atoms with E-state index in [2.05, 4.69) is 6.92 Å². The lowest BCUT2D eigenvalue weighted by Crippen LogP contribution is -2.03. The van der Waals surface area contributed by atoms with Crippen molar-refractivity contribution in [1.82, 2.24) is 0 Å². The van der Waals surface area contributed by atoms with Gasteiger partial charge in [-0.2, -0.15) is 13.2 Å². The van der Waals surface area contributed by atoms with E-state index in [1.54, 1.807) is 14.2 Å². The standard InChI is InChI=1S/C22H22ClF3O2S/c1-5-6-13-9-17(27-3)18(28-4)11-16(13)12(2)21-20(23)15-8-7-14(22(24,25)26)10-19(15)29-21/h7-12H,5-6H2,1-4H3. The number of hydrogen-bond donors (Lipinski definition) is 0. The molecule has 29 heavy (non-hydrogen) atoms. The predicted molar refractivity (Wildman–Crippen MR) is 113 cm³/mol. The summed E-state index contributed by atoms with van der Waals surface area (Å²) in [5, 5.41) is 1.15. The third kappa shape index (κ3) is 4.19. The first-order valence-electron chi connectivity index (χ1n) is 9.25. The molecular formula is C22H22ClF3O2S. The molecule has 7 heteroatoms. The highest BCUT2D eigenvalue weighted by atomic mass is 35.5. The maximum absolute atomic E-state index is 13.1. The number of fused-ring (bicyclic) bond motifs is 1. The zero-order valence-corrected chi connectivity index (χ0v) is 18.2. The summed E-state index contributed by atoms with van der Waals surface area (Å²) >= 11 is 7.91. The van der Waals surface area contributed by atoms with Gasteiger partial charge in [-0.25, -0.2) is 0 Å². The van der Waals surface area contributed by atoms with E-state index in [9.17, 15) is 13.2 Å². The van der Waals surface area contributed by atoms with Crippen LogP contribution in [0.1, 0.15) is 47.8 Å². The molecule has 0 bridgehead atoms. The molecule has 0 fully saturated rings. The summed E-state index contributed by atoms with van der Waals surface area (Å²) in [5.74, 6) is 1.17. The Labute approximate surface area is 177 Å². The molecular weight excluding hydrogens is 421 g/mol. The van der Waals surface area contributed by atoms with Gasteiger partial charge in [0.1, 0.15) is 0 Å². The van der Waals surface area contributed by atoms with E-state index in [0.717, 1.165) is 34.9 Å². The zero-order chi connectivity index (χ0) is 21.3. The summed E-state index contributed by atoms with van der Waals surface area (Å²) < 4.78 is 50.7. The molecule has 1 unspecified atom stereocenters. The summed E-state index contributed by atoms with van der Waals surface area (Å²) in [6, 6.07) is 7.61. The van der Waals surface area contributed by atoms with Crippen LogP contribution in [-0.4, -0.2) is 14.2 Å². The Morgan fingerprint density at radius 3 is 2.31 bits per heavy atom. The van der Waals surface area contributed by atoms with E-state index in [1.807, 2.05) is 19.1 Å². The Bertz CT molecular complexity index is 1030. The van der Waals surface area contributed by atoms with Crippen molar-refractivity contribution in [2.24, 2.45) is 0 Å². The van der Waals surface area contributed by atoms with E-state index in [4.69, 9.17) is 21.1 Å². The molecule has 0 radical (unpaired) electrons. The van der Waals surface area contributed by atoms with Crippen LogP contribution in [0.5, 0.6) is 11.5 Å². The Hall–Kier alpha value is -1.92. The number of hydrogen-bond acceptors (Lipinski definition) is 3. The molecule has 3 aromatic rings. The number of methoxy groups -OCH3 is 2. The van der Waals surface area contributed by atoms with Crippen molar-refractivity contribution in [2.75, 3.05) is 14.2 Å². The molecule has 0 saturated heterocycles. The fourth-order valence-corrected chi connectivity index (χ4v) is 5.21. The van der Waals surface area contributed by atoms with E-state index < -0.39 is 11.7 Å². The molecule has 2 aromatic carbocycles. The van der Waals surface area contributed by atoms with E-state index in [1.165, 1.54) is 23.5 Å². The van der Waals surface area contributed by atoms with Crippen molar-refractivity contribution in [3.8, 4) is 11.5 Å². The van der Waals surface area contributed by atoms with Crippen LogP contribution >= 0.6 is 22.9 Å². The van der Waals surface area contributed by atoms with Crippen molar-refractivity contribution in [1.29, 1.82) is 0 Å². The third-order valence-corrected chi connectivity index (χ3v) is 6.86. The van der Waals surface area contributed by atoms with Gasteiger partial charge in [0.25, 0.3) is 0 Å². The van der Waals surface area contributed by atoms with Gasteiger partial charge < -0.3 is 9.47 Å². The van der Waals surface area contributed by atoms with Crippen LogP contribution in [0.15, 0.2) is 30.3 Å². The van der Waals surface area contributed by atoms with Crippen molar-refractivity contribution < 1.29 is 22.6 Å². The Morgan fingerprint density at radius 1 is 1.07 bits per heavy atom. The second kappa shape index (κ2) is 8.44. The highest BCUT2D eigenvalue weighted by molar-refractivity contribution is 7.20. The van der Waals surface area contributed by atoms with Crippen LogP contribution in [0.25, 0.3) is 10.1 Å². The third-order valence-electron chi connectivity index (χ3n) is 5.01. The smallest absolute Gasteiger partial charge is 0.416 e. The lowest BCUT2D eigenvalue weighted by molar-refractivity contribution is -0.137. The summed E-state index contributed by atoms with van der Waals surface area (Å²) in [6.45, 7) is 4.11. The molecule has 3 rings (SSSR count). The highest BCUT2D eigenvalue weighted by Crippen LogP contribution is 2.45. The van der Waals surface area contributed by atoms with Crippen LogP contribution in [-0.2, 0) is 12.6 Å². The molecule has 0 aliphatic carbocycles. The maximum atomic E-state index is 13.1. The zero-order valence-electron chi connectivity index (χ0n) is 16.6. The minimum absolute atomic E-state index is 0.101. The van der Waals surface area contributed by atoms with Crippen LogP contribution in [0.3, 0.4) is 0 Å². The van der Waals surface area contributed by atoms with E-state index in [-0.39, 0.29) is 5.92 Å². The van der Waals surface area contributed by atoms with Crippen molar-refractivity contribution in [3.05, 3.63) is 56.9 Å². The molecule has 1 aromatic heterocycles. The van der Waals surface area contributed by atoms with Gasteiger partial charge in [-0.15, -0.1) is 11.3 Å². The topological polar surface area (TPSA) is 18.5 Å². The molecule has 1 heterocycles. The van der Waals surface area contributed by atoms with Crippen LogP contribution in [0, 0.1) is 0 Å². The second-order valence-corrected chi connectivity index (χ2v) is 8.33. The van der Waals surface area contributed by atoms with Gasteiger partial charge in [-0.1, -0.05) is 37.9 Å². The van der Waals surface area contributed by atoms with Crippen molar-refractivity contribution >= 4 is 33.0 Å². The SMILES string of the molecule is CCCc1cc(OC)c(OC)cc1C(C)c1sc2cc(C(F)(F)F)ccc2c1Cl. The van der Waals surface area contributed by atoms with Crippen LogP contribution < -0.4 is 9.47 Å². The monoisotopic (exact) mass is 442 g/mol. The summed E-state index contributed by atoms with van der Waals surface area (Å²) in [5.41, 5.74) is 1.48. The maximum Gasteiger partial charge on any atom is 0.416 e. The fourth-order valence-electron chi connectivity index (χ4n) is 3.51. The Balaban J connectivity index is 2.13. The largest absolute Gasteiger partial charge is 0.493 e. The molecule has 0 spiro atoms. The van der Waals surface area contributed by atoms with Gasteiger partial charge in [0.05, 0.1) is 24.8 Å². The van der Waals surface area contributed by atoms with Crippen LogP contribution in [0.2, 0.25) is 5.02 Å².